The summed E-state index contributed by atoms with van der Waals surface area (Å²) in [6, 6.07) is 6.75. The molecular formula is C11H8Br2N2O2. The molecule has 1 amide bonds. The van der Waals surface area contributed by atoms with Gasteiger partial charge in [-0.3, -0.25) is 4.79 Å². The highest BCUT2D eigenvalue weighted by molar-refractivity contribution is 9.10. The molecule has 6 heteroatoms. The number of benzene rings is 1. The molecule has 0 saturated carbocycles. The van der Waals surface area contributed by atoms with Crippen molar-refractivity contribution in [2.75, 3.05) is 11.1 Å². The number of furan rings is 1. The summed E-state index contributed by atoms with van der Waals surface area (Å²) in [5, 5.41) is 2.75. The van der Waals surface area contributed by atoms with Gasteiger partial charge < -0.3 is 15.5 Å². The monoisotopic (exact) mass is 358 g/mol. The van der Waals surface area contributed by atoms with E-state index in [4.69, 9.17) is 10.2 Å². The molecule has 0 fully saturated rings. The highest BCUT2D eigenvalue weighted by atomic mass is 79.9. The molecule has 17 heavy (non-hydrogen) atoms. The smallest absolute Gasteiger partial charge is 0.260 e. The predicted molar refractivity (Wildman–Crippen MR) is 72.9 cm³/mol. The minimum atomic E-state index is -0.254. The normalized spacial score (nSPS) is 10.2. The van der Waals surface area contributed by atoms with Gasteiger partial charge in [0.2, 0.25) is 0 Å². The highest BCUT2D eigenvalue weighted by Crippen LogP contribution is 2.26. The van der Waals surface area contributed by atoms with Gasteiger partial charge in [-0.25, -0.2) is 0 Å². The SMILES string of the molecule is Nc1ccc(NC(=O)c2ccoc2Br)c(Br)c1. The summed E-state index contributed by atoms with van der Waals surface area (Å²) in [6.07, 6.45) is 1.44. The molecule has 1 aromatic carbocycles. The van der Waals surface area contributed by atoms with Crippen LogP contribution >= 0.6 is 31.9 Å². The van der Waals surface area contributed by atoms with Crippen molar-refractivity contribution in [3.05, 3.63) is 45.2 Å². The zero-order valence-corrected chi connectivity index (χ0v) is 11.7. The van der Waals surface area contributed by atoms with E-state index >= 15 is 0 Å². The average Bonchev–Trinajstić information content (AvgIpc) is 2.68. The van der Waals surface area contributed by atoms with E-state index in [1.54, 1.807) is 24.3 Å². The molecule has 1 heterocycles. The molecule has 2 aromatic rings. The maximum Gasteiger partial charge on any atom is 0.260 e. The van der Waals surface area contributed by atoms with Crippen LogP contribution in [0.15, 0.2) is 44.1 Å². The van der Waals surface area contributed by atoms with E-state index in [2.05, 4.69) is 37.2 Å². The van der Waals surface area contributed by atoms with E-state index in [0.717, 1.165) is 4.47 Å². The molecule has 4 nitrogen and oxygen atoms in total. The van der Waals surface area contributed by atoms with Crippen molar-refractivity contribution in [3.8, 4) is 0 Å². The Bertz CT molecular complexity index is 566. The number of anilines is 2. The van der Waals surface area contributed by atoms with Crippen molar-refractivity contribution in [1.29, 1.82) is 0 Å². The third-order valence-electron chi connectivity index (χ3n) is 2.10. The van der Waals surface area contributed by atoms with Crippen LogP contribution in [-0.4, -0.2) is 5.91 Å². The fourth-order valence-electron chi connectivity index (χ4n) is 1.28. The number of hydrogen-bond donors (Lipinski definition) is 2. The van der Waals surface area contributed by atoms with Gasteiger partial charge in [-0.05, 0) is 56.1 Å². The van der Waals surface area contributed by atoms with E-state index in [1.807, 2.05) is 0 Å². The van der Waals surface area contributed by atoms with Crippen molar-refractivity contribution in [2.45, 2.75) is 0 Å². The second-order valence-electron chi connectivity index (χ2n) is 3.30. The molecule has 0 atom stereocenters. The zero-order valence-electron chi connectivity index (χ0n) is 8.54. The van der Waals surface area contributed by atoms with Crippen LogP contribution in [0.25, 0.3) is 0 Å². The van der Waals surface area contributed by atoms with E-state index in [-0.39, 0.29) is 5.91 Å². The quantitative estimate of drug-likeness (QED) is 0.804. The van der Waals surface area contributed by atoms with Crippen LogP contribution in [0.3, 0.4) is 0 Å². The summed E-state index contributed by atoms with van der Waals surface area (Å²) in [4.78, 5) is 11.9. The van der Waals surface area contributed by atoms with Gasteiger partial charge in [-0.1, -0.05) is 0 Å². The van der Waals surface area contributed by atoms with E-state index in [1.165, 1.54) is 6.26 Å². The Morgan fingerprint density at radius 2 is 2.06 bits per heavy atom. The first kappa shape index (κ1) is 12.2. The number of carbonyl (C=O) groups is 1. The fourth-order valence-corrected chi connectivity index (χ4v) is 2.19. The van der Waals surface area contributed by atoms with Gasteiger partial charge in [0.15, 0.2) is 4.67 Å². The Hall–Kier alpha value is -1.27. The van der Waals surface area contributed by atoms with Crippen LogP contribution in [0.1, 0.15) is 10.4 Å². The van der Waals surface area contributed by atoms with E-state index in [0.29, 0.717) is 21.6 Å². The molecule has 3 N–H and O–H groups in total. The lowest BCUT2D eigenvalue weighted by atomic mass is 10.2. The van der Waals surface area contributed by atoms with Crippen LogP contribution in [-0.2, 0) is 0 Å². The van der Waals surface area contributed by atoms with Crippen LogP contribution in [0.2, 0.25) is 0 Å². The van der Waals surface area contributed by atoms with Crippen LogP contribution in [0.4, 0.5) is 11.4 Å². The summed E-state index contributed by atoms with van der Waals surface area (Å²) in [7, 11) is 0. The van der Waals surface area contributed by atoms with Gasteiger partial charge in [0.25, 0.3) is 5.91 Å². The number of rotatable bonds is 2. The van der Waals surface area contributed by atoms with Gasteiger partial charge >= 0.3 is 0 Å². The minimum absolute atomic E-state index is 0.254. The molecule has 0 aliphatic heterocycles. The number of nitrogens with two attached hydrogens (primary N) is 1. The summed E-state index contributed by atoms with van der Waals surface area (Å²) >= 11 is 6.48. The lowest BCUT2D eigenvalue weighted by Gasteiger charge is -2.07. The van der Waals surface area contributed by atoms with Crippen LogP contribution in [0, 0.1) is 0 Å². The molecular weight excluding hydrogens is 352 g/mol. The minimum Gasteiger partial charge on any atom is -0.457 e. The first-order valence-corrected chi connectivity index (χ1v) is 6.26. The Labute approximate surface area is 114 Å². The molecule has 0 bridgehead atoms. The van der Waals surface area contributed by atoms with Crippen molar-refractivity contribution in [3.63, 3.8) is 0 Å². The third kappa shape index (κ3) is 2.70. The lowest BCUT2D eigenvalue weighted by molar-refractivity contribution is 0.102. The Balaban J connectivity index is 2.22. The number of hydrogen-bond acceptors (Lipinski definition) is 3. The first-order chi connectivity index (χ1) is 8.08. The predicted octanol–water partition coefficient (Wildman–Crippen LogP) is 3.64. The maximum atomic E-state index is 11.9. The standard InChI is InChI=1S/C11H8Br2N2O2/c12-8-5-6(14)1-2-9(8)15-11(16)7-3-4-17-10(7)13/h1-5H,14H2,(H,15,16). The topological polar surface area (TPSA) is 68.3 Å². The summed E-state index contributed by atoms with van der Waals surface area (Å²) < 4.78 is 6.13. The molecule has 0 unspecified atom stereocenters. The van der Waals surface area contributed by atoms with E-state index < -0.39 is 0 Å². The number of halogens is 2. The first-order valence-electron chi connectivity index (χ1n) is 4.67. The number of carbonyl (C=O) groups excluding carboxylic acids is 1. The molecule has 2 rings (SSSR count). The van der Waals surface area contributed by atoms with E-state index in [9.17, 15) is 4.79 Å². The van der Waals surface area contributed by atoms with Gasteiger partial charge in [-0.2, -0.15) is 0 Å². The molecule has 0 aliphatic rings. The molecule has 1 aromatic heterocycles. The van der Waals surface area contributed by atoms with Gasteiger partial charge in [0.05, 0.1) is 17.5 Å². The number of nitrogens with one attached hydrogen (secondary N) is 1. The zero-order chi connectivity index (χ0) is 12.4. The number of nitrogen functional groups attached to an aromatic ring is 1. The van der Waals surface area contributed by atoms with Gasteiger partial charge in [-0.15, -0.1) is 0 Å². The second kappa shape index (κ2) is 4.93. The molecule has 88 valence electrons. The van der Waals surface area contributed by atoms with Crippen molar-refractivity contribution < 1.29 is 9.21 Å². The van der Waals surface area contributed by atoms with Crippen molar-refractivity contribution in [2.24, 2.45) is 0 Å². The maximum absolute atomic E-state index is 11.9. The van der Waals surface area contributed by atoms with Crippen LogP contribution < -0.4 is 11.1 Å². The Morgan fingerprint density at radius 1 is 1.29 bits per heavy atom. The molecule has 0 radical (unpaired) electrons. The van der Waals surface area contributed by atoms with Crippen molar-refractivity contribution >= 4 is 49.1 Å². The Kier molecular flexibility index (Phi) is 3.54. The van der Waals surface area contributed by atoms with Crippen molar-refractivity contribution in [1.82, 2.24) is 0 Å². The molecule has 0 spiro atoms. The lowest BCUT2D eigenvalue weighted by Crippen LogP contribution is -2.11. The summed E-state index contributed by atoms with van der Waals surface area (Å²) in [5.74, 6) is -0.254. The number of amides is 1. The highest BCUT2D eigenvalue weighted by Gasteiger charge is 2.13. The third-order valence-corrected chi connectivity index (χ3v) is 3.37. The Morgan fingerprint density at radius 3 is 2.65 bits per heavy atom. The molecule has 0 aliphatic carbocycles. The van der Waals surface area contributed by atoms with Gasteiger partial charge in [0.1, 0.15) is 0 Å². The second-order valence-corrected chi connectivity index (χ2v) is 4.88. The van der Waals surface area contributed by atoms with Crippen LogP contribution in [0.5, 0.6) is 0 Å². The largest absolute Gasteiger partial charge is 0.457 e. The molecule has 0 saturated heterocycles. The average molecular weight is 360 g/mol. The summed E-state index contributed by atoms with van der Waals surface area (Å²) in [5.41, 5.74) is 7.33. The fraction of sp³-hybridized carbons (Fsp3) is 0. The summed E-state index contributed by atoms with van der Waals surface area (Å²) in [6.45, 7) is 0. The van der Waals surface area contributed by atoms with Gasteiger partial charge in [0, 0.05) is 10.2 Å².